The Balaban J connectivity index is 1.58. The molecule has 0 fully saturated rings. The van der Waals surface area contributed by atoms with Gasteiger partial charge >= 0.3 is 0 Å². The molecule has 8 nitrogen and oxygen atoms in total. The Hall–Kier alpha value is -3.81. The van der Waals surface area contributed by atoms with Crippen LogP contribution in [0.2, 0.25) is 0 Å². The van der Waals surface area contributed by atoms with E-state index < -0.39 is 5.91 Å². The smallest absolute Gasteiger partial charge is 0.294 e. The van der Waals surface area contributed by atoms with Crippen molar-refractivity contribution in [2.45, 2.75) is 13.8 Å². The van der Waals surface area contributed by atoms with Gasteiger partial charge in [0.25, 0.3) is 11.8 Å². The lowest BCUT2D eigenvalue weighted by Gasteiger charge is -2.11. The van der Waals surface area contributed by atoms with Gasteiger partial charge in [0.05, 0.1) is 25.5 Å². The lowest BCUT2D eigenvalue weighted by atomic mass is 10.1. The van der Waals surface area contributed by atoms with Gasteiger partial charge in [0, 0.05) is 5.69 Å². The molecule has 2 aromatic carbocycles. The first-order chi connectivity index (χ1) is 14.0. The van der Waals surface area contributed by atoms with Crippen LogP contribution in [0.25, 0.3) is 5.69 Å². The molecule has 0 unspecified atom stereocenters. The Kier molecular flexibility index (Phi) is 6.13. The molecular weight excluding hydrogens is 370 g/mol. The van der Waals surface area contributed by atoms with Crippen LogP contribution in [0.5, 0.6) is 5.75 Å². The summed E-state index contributed by atoms with van der Waals surface area (Å²) in [6.07, 6.45) is 1.60. The molecule has 2 amide bonds. The number of rotatable bonds is 6. The number of anilines is 1. The third-order valence-electron chi connectivity index (χ3n) is 4.27. The van der Waals surface area contributed by atoms with Gasteiger partial charge in [-0.2, -0.15) is 5.10 Å². The highest BCUT2D eigenvalue weighted by Crippen LogP contribution is 2.19. The maximum atomic E-state index is 12.4. The maximum absolute atomic E-state index is 12.4. The fourth-order valence-corrected chi connectivity index (χ4v) is 2.80. The first kappa shape index (κ1) is 19.9. The van der Waals surface area contributed by atoms with Gasteiger partial charge in [-0.15, -0.1) is 0 Å². The fraction of sp³-hybridized carbons (Fsp3) is 0.190. The number of nitrogens with one attached hydrogen (secondary N) is 3. The van der Waals surface area contributed by atoms with Crippen LogP contribution in [0.1, 0.15) is 21.6 Å². The molecule has 0 aliphatic rings. The normalized spacial score (nSPS) is 10.3. The summed E-state index contributed by atoms with van der Waals surface area (Å²) in [5, 5.41) is 7.30. The summed E-state index contributed by atoms with van der Waals surface area (Å²) in [4.78, 5) is 24.5. The number of hydrogen-bond donors (Lipinski definition) is 3. The molecular formula is C21H23N5O3. The number of carbonyl (C=O) groups excluding carboxylic acids is 2. The van der Waals surface area contributed by atoms with Crippen molar-refractivity contribution in [3.05, 3.63) is 71.5 Å². The molecule has 3 rings (SSSR count). The highest BCUT2D eigenvalue weighted by atomic mass is 16.5. The molecule has 3 aromatic rings. The van der Waals surface area contributed by atoms with E-state index in [2.05, 4.69) is 21.3 Å². The van der Waals surface area contributed by atoms with E-state index in [-0.39, 0.29) is 18.1 Å². The summed E-state index contributed by atoms with van der Waals surface area (Å²) in [5.41, 5.74) is 8.64. The standard InChI is InChI=1S/C21H23N5O3/c1-14-9-10-17(15(2)11-14)22-12-19(27)23-24-21(28)20-18(29-3)13-26(25-20)16-7-5-4-6-8-16/h4-11,13,22H,12H2,1-3H3,(H,23,27)(H,24,28). The van der Waals surface area contributed by atoms with E-state index in [1.165, 1.54) is 11.8 Å². The lowest BCUT2D eigenvalue weighted by molar-refractivity contribution is -0.120. The molecule has 0 radical (unpaired) electrons. The average molecular weight is 393 g/mol. The molecule has 0 spiro atoms. The zero-order valence-corrected chi connectivity index (χ0v) is 16.5. The van der Waals surface area contributed by atoms with Crippen molar-refractivity contribution in [3.63, 3.8) is 0 Å². The molecule has 29 heavy (non-hydrogen) atoms. The number of carbonyl (C=O) groups is 2. The molecule has 8 heteroatoms. The number of aromatic nitrogens is 2. The first-order valence-electron chi connectivity index (χ1n) is 9.07. The van der Waals surface area contributed by atoms with Crippen molar-refractivity contribution in [1.29, 1.82) is 0 Å². The van der Waals surface area contributed by atoms with Crippen molar-refractivity contribution < 1.29 is 14.3 Å². The second kappa shape index (κ2) is 8.92. The molecule has 0 aliphatic carbocycles. The number of methoxy groups -OCH3 is 1. The average Bonchev–Trinajstić information content (AvgIpc) is 3.16. The van der Waals surface area contributed by atoms with Gasteiger partial charge in [-0.25, -0.2) is 4.68 Å². The number of amides is 2. The van der Waals surface area contributed by atoms with Gasteiger partial charge in [-0.05, 0) is 37.6 Å². The van der Waals surface area contributed by atoms with Crippen LogP contribution >= 0.6 is 0 Å². The minimum atomic E-state index is -0.573. The van der Waals surface area contributed by atoms with Crippen molar-refractivity contribution in [1.82, 2.24) is 20.6 Å². The summed E-state index contributed by atoms with van der Waals surface area (Å²) < 4.78 is 6.77. The maximum Gasteiger partial charge on any atom is 0.294 e. The number of ether oxygens (including phenoxy) is 1. The minimum Gasteiger partial charge on any atom is -0.493 e. The summed E-state index contributed by atoms with van der Waals surface area (Å²) in [7, 11) is 1.45. The molecule has 3 N–H and O–H groups in total. The van der Waals surface area contributed by atoms with E-state index in [1.54, 1.807) is 6.20 Å². The fourth-order valence-electron chi connectivity index (χ4n) is 2.80. The van der Waals surface area contributed by atoms with Crippen LogP contribution in [-0.2, 0) is 4.79 Å². The Morgan fingerprint density at radius 2 is 1.83 bits per heavy atom. The van der Waals surface area contributed by atoms with Gasteiger partial charge in [0.15, 0.2) is 11.4 Å². The van der Waals surface area contributed by atoms with E-state index in [0.29, 0.717) is 5.75 Å². The largest absolute Gasteiger partial charge is 0.493 e. The Morgan fingerprint density at radius 1 is 1.07 bits per heavy atom. The molecule has 1 aromatic heterocycles. The number of hydrogen-bond acceptors (Lipinski definition) is 5. The first-order valence-corrected chi connectivity index (χ1v) is 9.07. The predicted molar refractivity (Wildman–Crippen MR) is 110 cm³/mol. The number of hydrazine groups is 1. The van der Waals surface area contributed by atoms with Crippen molar-refractivity contribution in [2.24, 2.45) is 0 Å². The Labute approximate surface area is 168 Å². The van der Waals surface area contributed by atoms with E-state index in [0.717, 1.165) is 22.5 Å². The number of aryl methyl sites for hydroxylation is 2. The van der Waals surface area contributed by atoms with Crippen molar-refractivity contribution in [3.8, 4) is 11.4 Å². The van der Waals surface area contributed by atoms with Crippen LogP contribution in [0.4, 0.5) is 5.69 Å². The number of para-hydroxylation sites is 1. The van der Waals surface area contributed by atoms with E-state index in [4.69, 9.17) is 4.74 Å². The Morgan fingerprint density at radius 3 is 2.52 bits per heavy atom. The van der Waals surface area contributed by atoms with Crippen LogP contribution in [-0.4, -0.2) is 35.2 Å². The van der Waals surface area contributed by atoms with Crippen LogP contribution < -0.4 is 20.9 Å². The van der Waals surface area contributed by atoms with Gasteiger partial charge < -0.3 is 10.1 Å². The van der Waals surface area contributed by atoms with Crippen LogP contribution in [0, 0.1) is 13.8 Å². The highest BCUT2D eigenvalue weighted by Gasteiger charge is 2.19. The predicted octanol–water partition coefficient (Wildman–Crippen LogP) is 2.37. The van der Waals surface area contributed by atoms with Crippen LogP contribution in [0.15, 0.2) is 54.7 Å². The molecule has 0 saturated heterocycles. The lowest BCUT2D eigenvalue weighted by Crippen LogP contribution is -2.44. The third-order valence-corrected chi connectivity index (χ3v) is 4.27. The zero-order chi connectivity index (χ0) is 20.8. The SMILES string of the molecule is COc1cn(-c2ccccc2)nc1C(=O)NNC(=O)CNc1ccc(C)cc1C. The summed E-state index contributed by atoms with van der Waals surface area (Å²) in [6, 6.07) is 15.2. The molecule has 0 bridgehead atoms. The van der Waals surface area contributed by atoms with Gasteiger partial charge in [0.2, 0.25) is 0 Å². The molecule has 0 aliphatic heterocycles. The molecule has 0 atom stereocenters. The molecule has 150 valence electrons. The Bertz CT molecular complexity index is 1010. The summed E-state index contributed by atoms with van der Waals surface area (Å²) in [5.74, 6) is -0.662. The second-order valence-corrected chi connectivity index (χ2v) is 6.50. The minimum absolute atomic E-state index is 0.0137. The quantitative estimate of drug-likeness (QED) is 0.559. The second-order valence-electron chi connectivity index (χ2n) is 6.50. The monoisotopic (exact) mass is 393 g/mol. The van der Waals surface area contributed by atoms with E-state index >= 15 is 0 Å². The van der Waals surface area contributed by atoms with Gasteiger partial charge in [-0.1, -0.05) is 35.9 Å². The number of benzene rings is 2. The molecule has 0 saturated carbocycles. The van der Waals surface area contributed by atoms with E-state index in [9.17, 15) is 9.59 Å². The summed E-state index contributed by atoms with van der Waals surface area (Å²) in [6.45, 7) is 3.98. The van der Waals surface area contributed by atoms with E-state index in [1.807, 2.05) is 62.4 Å². The zero-order valence-electron chi connectivity index (χ0n) is 16.5. The van der Waals surface area contributed by atoms with Gasteiger partial charge in [-0.3, -0.25) is 20.4 Å². The topological polar surface area (TPSA) is 97.3 Å². The van der Waals surface area contributed by atoms with Crippen molar-refractivity contribution >= 4 is 17.5 Å². The summed E-state index contributed by atoms with van der Waals surface area (Å²) >= 11 is 0. The third kappa shape index (κ3) is 4.92. The van der Waals surface area contributed by atoms with Crippen molar-refractivity contribution in [2.75, 3.05) is 19.0 Å². The van der Waals surface area contributed by atoms with Gasteiger partial charge in [0.1, 0.15) is 0 Å². The highest BCUT2D eigenvalue weighted by molar-refractivity contribution is 5.96. The number of nitrogens with zero attached hydrogens (tertiary/aromatic N) is 2. The van der Waals surface area contributed by atoms with Crippen LogP contribution in [0.3, 0.4) is 0 Å². The molecule has 1 heterocycles.